The van der Waals surface area contributed by atoms with Crippen molar-refractivity contribution in [2.24, 2.45) is 0 Å². The molecule has 0 aliphatic rings. The number of halogens is 1. The average molecular weight is 249 g/mol. The third-order valence-electron chi connectivity index (χ3n) is 2.30. The molecule has 0 saturated heterocycles. The van der Waals surface area contributed by atoms with E-state index in [1.807, 2.05) is 19.1 Å². The Balaban J connectivity index is 2.53. The van der Waals surface area contributed by atoms with E-state index in [0.717, 1.165) is 20.3 Å². The number of hydrogen-bond donors (Lipinski definition) is 1. The van der Waals surface area contributed by atoms with Gasteiger partial charge < -0.3 is 5.73 Å². The van der Waals surface area contributed by atoms with Gasteiger partial charge in [0, 0.05) is 16.1 Å². The van der Waals surface area contributed by atoms with Crippen molar-refractivity contribution in [3.05, 3.63) is 39.7 Å². The molecule has 1 heterocycles. The molecule has 0 fully saturated rings. The first kappa shape index (κ1) is 11.0. The lowest BCUT2D eigenvalue weighted by Crippen LogP contribution is -1.89. The van der Waals surface area contributed by atoms with Gasteiger partial charge in [0.1, 0.15) is 0 Å². The van der Waals surface area contributed by atoms with Crippen LogP contribution in [-0.2, 0) is 0 Å². The SMILES string of the molecule is Cc1cc(-c2ccc(C#N)cc2N)sc1Cl. The molecule has 0 unspecified atom stereocenters. The Morgan fingerprint density at radius 3 is 2.62 bits per heavy atom. The van der Waals surface area contributed by atoms with Gasteiger partial charge >= 0.3 is 0 Å². The van der Waals surface area contributed by atoms with Crippen molar-refractivity contribution in [1.29, 1.82) is 5.26 Å². The minimum atomic E-state index is 0.570. The molecule has 2 nitrogen and oxygen atoms in total. The monoisotopic (exact) mass is 248 g/mol. The van der Waals surface area contributed by atoms with Gasteiger partial charge in [-0.3, -0.25) is 0 Å². The van der Waals surface area contributed by atoms with Crippen molar-refractivity contribution in [2.75, 3.05) is 5.73 Å². The third-order valence-corrected chi connectivity index (χ3v) is 3.89. The Morgan fingerprint density at radius 2 is 2.12 bits per heavy atom. The molecule has 0 aliphatic heterocycles. The van der Waals surface area contributed by atoms with Gasteiger partial charge in [-0.2, -0.15) is 5.26 Å². The molecule has 0 saturated carbocycles. The summed E-state index contributed by atoms with van der Waals surface area (Å²) < 4.78 is 0.777. The van der Waals surface area contributed by atoms with E-state index in [1.54, 1.807) is 12.1 Å². The van der Waals surface area contributed by atoms with Crippen LogP contribution in [0.15, 0.2) is 24.3 Å². The van der Waals surface area contributed by atoms with Crippen LogP contribution in [0.2, 0.25) is 4.34 Å². The van der Waals surface area contributed by atoms with Crippen LogP contribution in [0, 0.1) is 18.3 Å². The predicted molar refractivity (Wildman–Crippen MR) is 68.6 cm³/mol. The summed E-state index contributed by atoms with van der Waals surface area (Å²) in [6.45, 7) is 1.96. The van der Waals surface area contributed by atoms with Crippen molar-refractivity contribution in [1.82, 2.24) is 0 Å². The van der Waals surface area contributed by atoms with Crippen LogP contribution in [0.5, 0.6) is 0 Å². The van der Waals surface area contributed by atoms with Crippen LogP contribution in [0.25, 0.3) is 10.4 Å². The molecule has 0 radical (unpaired) electrons. The number of thiophene rings is 1. The van der Waals surface area contributed by atoms with Gasteiger partial charge in [-0.25, -0.2) is 0 Å². The Morgan fingerprint density at radius 1 is 1.38 bits per heavy atom. The lowest BCUT2D eigenvalue weighted by atomic mass is 10.1. The van der Waals surface area contributed by atoms with E-state index < -0.39 is 0 Å². The summed E-state index contributed by atoms with van der Waals surface area (Å²) in [5.74, 6) is 0. The highest BCUT2D eigenvalue weighted by Gasteiger charge is 2.08. The Labute approximate surface area is 103 Å². The summed E-state index contributed by atoms with van der Waals surface area (Å²) >= 11 is 7.51. The average Bonchev–Trinajstić information content (AvgIpc) is 2.58. The summed E-state index contributed by atoms with van der Waals surface area (Å²) in [6.07, 6.45) is 0. The van der Waals surface area contributed by atoms with E-state index in [4.69, 9.17) is 22.6 Å². The first-order valence-corrected chi connectivity index (χ1v) is 5.87. The highest BCUT2D eigenvalue weighted by Crippen LogP contribution is 2.37. The van der Waals surface area contributed by atoms with Crippen LogP contribution in [0.4, 0.5) is 5.69 Å². The minimum absolute atomic E-state index is 0.570. The normalized spacial score (nSPS) is 10.1. The molecule has 2 aromatic rings. The number of benzene rings is 1. The number of nitrogen functional groups attached to an aromatic ring is 1. The van der Waals surface area contributed by atoms with E-state index in [2.05, 4.69) is 6.07 Å². The van der Waals surface area contributed by atoms with Crippen molar-refractivity contribution in [2.45, 2.75) is 6.92 Å². The van der Waals surface area contributed by atoms with Crippen LogP contribution in [-0.4, -0.2) is 0 Å². The van der Waals surface area contributed by atoms with Gasteiger partial charge in [-0.15, -0.1) is 11.3 Å². The second kappa shape index (κ2) is 4.17. The fourth-order valence-corrected chi connectivity index (χ4v) is 2.70. The molecule has 80 valence electrons. The summed E-state index contributed by atoms with van der Waals surface area (Å²) in [5.41, 5.74) is 9.06. The van der Waals surface area contributed by atoms with Gasteiger partial charge in [0.05, 0.1) is 16.0 Å². The first-order valence-electron chi connectivity index (χ1n) is 4.67. The highest BCUT2D eigenvalue weighted by atomic mass is 35.5. The topological polar surface area (TPSA) is 49.8 Å². The summed E-state index contributed by atoms with van der Waals surface area (Å²) in [7, 11) is 0. The number of hydrogen-bond acceptors (Lipinski definition) is 3. The number of rotatable bonds is 1. The second-order valence-electron chi connectivity index (χ2n) is 3.48. The molecule has 0 atom stereocenters. The van der Waals surface area contributed by atoms with Gasteiger partial charge in [-0.05, 0) is 30.7 Å². The summed E-state index contributed by atoms with van der Waals surface area (Å²) in [5, 5.41) is 8.75. The maximum Gasteiger partial charge on any atom is 0.0992 e. The fourth-order valence-electron chi connectivity index (χ4n) is 1.45. The Kier molecular flexibility index (Phi) is 2.86. The number of nitrogens with zero attached hydrogens (tertiary/aromatic N) is 1. The number of nitriles is 1. The maximum atomic E-state index is 8.75. The largest absolute Gasteiger partial charge is 0.398 e. The smallest absolute Gasteiger partial charge is 0.0992 e. The van der Waals surface area contributed by atoms with E-state index in [-0.39, 0.29) is 0 Å². The minimum Gasteiger partial charge on any atom is -0.398 e. The third kappa shape index (κ3) is 1.90. The molecule has 16 heavy (non-hydrogen) atoms. The summed E-state index contributed by atoms with van der Waals surface area (Å²) in [4.78, 5) is 1.03. The van der Waals surface area contributed by atoms with E-state index in [9.17, 15) is 0 Å². The molecule has 1 aromatic carbocycles. The molecular formula is C12H9ClN2S. The highest BCUT2D eigenvalue weighted by molar-refractivity contribution is 7.19. The van der Waals surface area contributed by atoms with E-state index in [0.29, 0.717) is 11.3 Å². The zero-order chi connectivity index (χ0) is 11.7. The lowest BCUT2D eigenvalue weighted by molar-refractivity contribution is 1.48. The second-order valence-corrected chi connectivity index (χ2v) is 5.14. The van der Waals surface area contributed by atoms with Crippen LogP contribution in [0.3, 0.4) is 0 Å². The van der Waals surface area contributed by atoms with E-state index in [1.165, 1.54) is 11.3 Å². The van der Waals surface area contributed by atoms with Crippen molar-refractivity contribution < 1.29 is 0 Å². The van der Waals surface area contributed by atoms with Crippen LogP contribution >= 0.6 is 22.9 Å². The molecule has 0 aliphatic carbocycles. The van der Waals surface area contributed by atoms with Crippen molar-refractivity contribution in [3.63, 3.8) is 0 Å². The van der Waals surface area contributed by atoms with Gasteiger partial charge in [0.25, 0.3) is 0 Å². The number of aryl methyl sites for hydroxylation is 1. The molecule has 2 rings (SSSR count). The molecule has 0 bridgehead atoms. The quantitative estimate of drug-likeness (QED) is 0.780. The van der Waals surface area contributed by atoms with Gasteiger partial charge in [0.15, 0.2) is 0 Å². The zero-order valence-electron chi connectivity index (χ0n) is 8.62. The molecule has 0 spiro atoms. The first-order chi connectivity index (χ1) is 7.61. The molecular weight excluding hydrogens is 240 g/mol. The Hall–Kier alpha value is -1.50. The van der Waals surface area contributed by atoms with Crippen molar-refractivity contribution in [3.8, 4) is 16.5 Å². The molecule has 1 aromatic heterocycles. The van der Waals surface area contributed by atoms with Gasteiger partial charge in [0.2, 0.25) is 0 Å². The molecule has 0 amide bonds. The molecule has 4 heteroatoms. The van der Waals surface area contributed by atoms with Crippen LogP contribution in [0.1, 0.15) is 11.1 Å². The predicted octanol–water partition coefficient (Wildman–Crippen LogP) is 3.83. The molecule has 2 N–H and O–H groups in total. The fraction of sp³-hybridized carbons (Fsp3) is 0.0833. The standard InChI is InChI=1S/C12H9ClN2S/c1-7-4-11(16-12(7)13)9-3-2-8(6-14)5-10(9)15/h2-5H,15H2,1H3. The van der Waals surface area contributed by atoms with Crippen molar-refractivity contribution >= 4 is 28.6 Å². The maximum absolute atomic E-state index is 8.75. The zero-order valence-corrected chi connectivity index (χ0v) is 10.2. The van der Waals surface area contributed by atoms with E-state index >= 15 is 0 Å². The van der Waals surface area contributed by atoms with Crippen LogP contribution < -0.4 is 5.73 Å². The number of anilines is 1. The Bertz CT molecular complexity index is 562. The summed E-state index contributed by atoms with van der Waals surface area (Å²) in [6, 6.07) is 9.36. The number of nitrogens with two attached hydrogens (primary N) is 1. The lowest BCUT2D eigenvalue weighted by Gasteiger charge is -2.02. The van der Waals surface area contributed by atoms with Gasteiger partial charge in [-0.1, -0.05) is 17.7 Å².